The third kappa shape index (κ3) is 5.02. The van der Waals surface area contributed by atoms with Crippen molar-refractivity contribution in [3.63, 3.8) is 0 Å². The fourth-order valence-electron chi connectivity index (χ4n) is 2.21. The van der Waals surface area contributed by atoms with Crippen molar-refractivity contribution >= 4 is 18.4 Å². The molecule has 4 nitrogen and oxygen atoms in total. The highest BCUT2D eigenvalue weighted by molar-refractivity contribution is 5.89. The Morgan fingerprint density at radius 3 is 3.00 bits per heavy atom. The summed E-state index contributed by atoms with van der Waals surface area (Å²) in [5.74, 6) is 0.989. The first-order valence-corrected chi connectivity index (χ1v) is 6.90. The van der Waals surface area contributed by atoms with Crippen LogP contribution in [0, 0.1) is 5.92 Å². The summed E-state index contributed by atoms with van der Waals surface area (Å²) in [6, 6.07) is 7.18. The summed E-state index contributed by atoms with van der Waals surface area (Å²) >= 11 is 0. The number of carbonyl (C=O) groups is 1. The maximum atomic E-state index is 11.6. The van der Waals surface area contributed by atoms with Gasteiger partial charge in [-0.1, -0.05) is 6.07 Å². The molecule has 0 saturated carbocycles. The van der Waals surface area contributed by atoms with Crippen LogP contribution in [0.3, 0.4) is 0 Å². The quantitative estimate of drug-likeness (QED) is 0.849. The van der Waals surface area contributed by atoms with E-state index in [-0.39, 0.29) is 18.4 Å². The van der Waals surface area contributed by atoms with Gasteiger partial charge in [-0.2, -0.15) is 0 Å². The number of rotatable bonds is 5. The molecule has 1 unspecified atom stereocenters. The maximum absolute atomic E-state index is 11.6. The van der Waals surface area contributed by atoms with Gasteiger partial charge in [0.1, 0.15) is 5.75 Å². The molecule has 1 N–H and O–H groups in total. The third-order valence-corrected chi connectivity index (χ3v) is 3.23. The number of halogens is 1. The smallest absolute Gasteiger partial charge is 0.338 e. The van der Waals surface area contributed by atoms with Crippen molar-refractivity contribution in [2.24, 2.45) is 5.92 Å². The van der Waals surface area contributed by atoms with E-state index in [4.69, 9.17) is 9.47 Å². The topological polar surface area (TPSA) is 47.6 Å². The fraction of sp³-hybridized carbons (Fsp3) is 0.533. The average molecular weight is 300 g/mol. The lowest BCUT2D eigenvalue weighted by Crippen LogP contribution is -2.33. The molecule has 0 bridgehead atoms. The van der Waals surface area contributed by atoms with Gasteiger partial charge >= 0.3 is 5.97 Å². The van der Waals surface area contributed by atoms with Crippen LogP contribution >= 0.6 is 12.4 Å². The molecule has 0 radical (unpaired) electrons. The minimum absolute atomic E-state index is 0. The molecular formula is C15H22ClNO3. The molecule has 1 fully saturated rings. The lowest BCUT2D eigenvalue weighted by Gasteiger charge is -2.22. The van der Waals surface area contributed by atoms with Gasteiger partial charge in [-0.05, 0) is 44.5 Å². The average Bonchev–Trinajstić information content (AvgIpc) is 2.47. The first-order chi connectivity index (χ1) is 9.29. The zero-order valence-corrected chi connectivity index (χ0v) is 12.6. The number of piperidine rings is 1. The normalized spacial score (nSPS) is 17.9. The standard InChI is InChI=1S/C15H21NO3.ClH/c1-2-18-15(17)13-6-3-7-14(9-13)19-11-12-5-4-8-16-10-12;/h3,6-7,9,12,16H,2,4-5,8,10-11H2,1H3;1H. The third-order valence-electron chi connectivity index (χ3n) is 3.23. The van der Waals surface area contributed by atoms with Crippen LogP contribution in [-0.2, 0) is 4.74 Å². The molecule has 0 amide bonds. The Labute approximate surface area is 126 Å². The Kier molecular flexibility index (Phi) is 7.41. The van der Waals surface area contributed by atoms with Crippen LogP contribution in [0.4, 0.5) is 0 Å². The van der Waals surface area contributed by atoms with Crippen molar-refractivity contribution in [3.8, 4) is 5.75 Å². The maximum Gasteiger partial charge on any atom is 0.338 e. The fourth-order valence-corrected chi connectivity index (χ4v) is 2.21. The van der Waals surface area contributed by atoms with Gasteiger partial charge < -0.3 is 14.8 Å². The van der Waals surface area contributed by atoms with Crippen LogP contribution in [0.1, 0.15) is 30.1 Å². The molecule has 20 heavy (non-hydrogen) atoms. The van der Waals surface area contributed by atoms with E-state index in [2.05, 4.69) is 5.32 Å². The summed E-state index contributed by atoms with van der Waals surface area (Å²) in [5, 5.41) is 3.36. The molecule has 1 aromatic carbocycles. The van der Waals surface area contributed by atoms with Crippen LogP contribution in [-0.4, -0.2) is 32.3 Å². The van der Waals surface area contributed by atoms with E-state index < -0.39 is 0 Å². The number of esters is 1. The predicted molar refractivity (Wildman–Crippen MR) is 80.7 cm³/mol. The molecule has 1 heterocycles. The Hall–Kier alpha value is -1.26. The van der Waals surface area contributed by atoms with Gasteiger partial charge in [0.05, 0.1) is 18.8 Å². The van der Waals surface area contributed by atoms with E-state index in [0.717, 1.165) is 18.8 Å². The number of benzene rings is 1. The molecule has 5 heteroatoms. The molecule has 1 saturated heterocycles. The summed E-state index contributed by atoms with van der Waals surface area (Å²) in [6.45, 7) is 5.00. The summed E-state index contributed by atoms with van der Waals surface area (Å²) in [4.78, 5) is 11.6. The van der Waals surface area contributed by atoms with Gasteiger partial charge in [0.15, 0.2) is 0 Å². The molecule has 1 aromatic rings. The van der Waals surface area contributed by atoms with Crippen LogP contribution in [0.5, 0.6) is 5.75 Å². The van der Waals surface area contributed by atoms with E-state index in [9.17, 15) is 4.79 Å². The molecule has 112 valence electrons. The van der Waals surface area contributed by atoms with Gasteiger partial charge in [-0.25, -0.2) is 4.79 Å². The van der Waals surface area contributed by atoms with Crippen molar-refractivity contribution in [1.29, 1.82) is 0 Å². The highest BCUT2D eigenvalue weighted by Crippen LogP contribution is 2.17. The summed E-state index contributed by atoms with van der Waals surface area (Å²) in [7, 11) is 0. The summed E-state index contributed by atoms with van der Waals surface area (Å²) in [5.41, 5.74) is 0.543. The summed E-state index contributed by atoms with van der Waals surface area (Å²) in [6.07, 6.45) is 2.40. The van der Waals surface area contributed by atoms with E-state index in [0.29, 0.717) is 24.7 Å². The molecule has 2 rings (SSSR count). The van der Waals surface area contributed by atoms with Crippen LogP contribution < -0.4 is 10.1 Å². The lowest BCUT2D eigenvalue weighted by molar-refractivity contribution is 0.0525. The van der Waals surface area contributed by atoms with Crippen LogP contribution in [0.15, 0.2) is 24.3 Å². The highest BCUT2D eigenvalue weighted by Gasteiger charge is 2.14. The van der Waals surface area contributed by atoms with Gasteiger partial charge in [0, 0.05) is 12.5 Å². The lowest BCUT2D eigenvalue weighted by atomic mass is 10.0. The Morgan fingerprint density at radius 1 is 1.45 bits per heavy atom. The molecule has 0 aromatic heterocycles. The summed E-state index contributed by atoms with van der Waals surface area (Å²) < 4.78 is 10.7. The van der Waals surface area contributed by atoms with Gasteiger partial charge in [0.2, 0.25) is 0 Å². The number of ether oxygens (including phenoxy) is 2. The second-order valence-corrected chi connectivity index (χ2v) is 4.77. The van der Waals surface area contributed by atoms with Crippen molar-refractivity contribution in [2.45, 2.75) is 19.8 Å². The monoisotopic (exact) mass is 299 g/mol. The zero-order valence-electron chi connectivity index (χ0n) is 11.8. The van der Waals surface area contributed by atoms with Crippen molar-refractivity contribution in [3.05, 3.63) is 29.8 Å². The number of hydrogen-bond donors (Lipinski definition) is 1. The van der Waals surface area contributed by atoms with Crippen LogP contribution in [0.2, 0.25) is 0 Å². The van der Waals surface area contributed by atoms with E-state index in [1.165, 1.54) is 12.8 Å². The molecule has 0 aliphatic carbocycles. The van der Waals surface area contributed by atoms with E-state index >= 15 is 0 Å². The number of carbonyl (C=O) groups excluding carboxylic acids is 1. The van der Waals surface area contributed by atoms with Crippen molar-refractivity contribution < 1.29 is 14.3 Å². The van der Waals surface area contributed by atoms with Gasteiger partial charge in [0.25, 0.3) is 0 Å². The second kappa shape index (κ2) is 8.82. The first kappa shape index (κ1) is 16.8. The Bertz CT molecular complexity index is 419. The largest absolute Gasteiger partial charge is 0.493 e. The molecule has 1 atom stereocenters. The van der Waals surface area contributed by atoms with Crippen molar-refractivity contribution in [2.75, 3.05) is 26.3 Å². The van der Waals surface area contributed by atoms with Crippen molar-refractivity contribution in [1.82, 2.24) is 5.32 Å². The zero-order chi connectivity index (χ0) is 13.5. The second-order valence-electron chi connectivity index (χ2n) is 4.77. The number of hydrogen-bond acceptors (Lipinski definition) is 4. The minimum atomic E-state index is -0.299. The molecular weight excluding hydrogens is 278 g/mol. The Morgan fingerprint density at radius 2 is 2.30 bits per heavy atom. The molecule has 1 aliphatic heterocycles. The molecule has 0 spiro atoms. The first-order valence-electron chi connectivity index (χ1n) is 6.90. The highest BCUT2D eigenvalue weighted by atomic mass is 35.5. The van der Waals surface area contributed by atoms with Gasteiger partial charge in [-0.3, -0.25) is 0 Å². The molecule has 1 aliphatic rings. The van der Waals surface area contributed by atoms with Crippen LogP contribution in [0.25, 0.3) is 0 Å². The van der Waals surface area contributed by atoms with E-state index in [1.807, 2.05) is 12.1 Å². The van der Waals surface area contributed by atoms with Gasteiger partial charge in [-0.15, -0.1) is 12.4 Å². The SMILES string of the molecule is CCOC(=O)c1cccc(OCC2CCCNC2)c1.Cl. The predicted octanol–water partition coefficient (Wildman–Crippen LogP) is 2.66. The van der Waals surface area contributed by atoms with E-state index in [1.54, 1.807) is 19.1 Å². The number of nitrogens with one attached hydrogen (secondary N) is 1. The minimum Gasteiger partial charge on any atom is -0.493 e. The Balaban J connectivity index is 0.00000200.